The van der Waals surface area contributed by atoms with Crippen LogP contribution >= 0.6 is 0 Å². The monoisotopic (exact) mass is 328 g/mol. The lowest BCUT2D eigenvalue weighted by Gasteiger charge is -2.17. The van der Waals surface area contributed by atoms with Gasteiger partial charge in [-0.15, -0.1) is 0 Å². The Hall–Kier alpha value is -2.89. The molecule has 0 bridgehead atoms. The van der Waals surface area contributed by atoms with Crippen LogP contribution in [0.3, 0.4) is 0 Å². The lowest BCUT2D eigenvalue weighted by atomic mass is 10.2. The normalized spacial score (nSPS) is 17.0. The summed E-state index contributed by atoms with van der Waals surface area (Å²) in [5, 5.41) is 2.68. The number of hydrogen-bond acceptors (Lipinski definition) is 3. The van der Waals surface area contributed by atoms with E-state index >= 15 is 0 Å². The van der Waals surface area contributed by atoms with E-state index in [0.29, 0.717) is 24.4 Å². The number of para-hydroxylation sites is 1. The van der Waals surface area contributed by atoms with Crippen molar-refractivity contribution in [1.82, 2.24) is 5.32 Å². The van der Waals surface area contributed by atoms with Gasteiger partial charge < -0.3 is 15.0 Å². The Labute approximate surface area is 139 Å². The number of hydrogen-bond donors (Lipinski definition) is 1. The Morgan fingerprint density at radius 1 is 1.17 bits per heavy atom. The Bertz CT molecular complexity index is 719. The molecule has 1 unspecified atom stereocenters. The lowest BCUT2D eigenvalue weighted by molar-refractivity contribution is -0.127. The molecular weight excluding hydrogens is 311 g/mol. The summed E-state index contributed by atoms with van der Waals surface area (Å²) in [6, 6.07) is 14.1. The second-order valence-electron chi connectivity index (χ2n) is 5.48. The number of nitrogens with zero attached hydrogens (tertiary/aromatic N) is 1. The smallest absolute Gasteiger partial charge is 0.258 e. The van der Waals surface area contributed by atoms with Crippen LogP contribution in [-0.4, -0.2) is 31.0 Å². The molecule has 2 aromatic carbocycles. The number of ether oxygens (including phenoxy) is 1. The average Bonchev–Trinajstić information content (AvgIpc) is 2.95. The molecule has 124 valence electrons. The van der Waals surface area contributed by atoms with Gasteiger partial charge >= 0.3 is 0 Å². The molecule has 3 rings (SSSR count). The number of nitrogens with one attached hydrogen (secondary N) is 1. The molecule has 0 aliphatic carbocycles. The van der Waals surface area contributed by atoms with E-state index in [0.717, 1.165) is 0 Å². The molecule has 2 aromatic rings. The van der Waals surface area contributed by atoms with Crippen LogP contribution in [-0.2, 0) is 9.59 Å². The lowest BCUT2D eigenvalue weighted by Crippen LogP contribution is -2.43. The van der Waals surface area contributed by atoms with Crippen molar-refractivity contribution < 1.29 is 18.7 Å². The number of anilines is 1. The Kier molecular flexibility index (Phi) is 4.74. The summed E-state index contributed by atoms with van der Waals surface area (Å²) >= 11 is 0. The van der Waals surface area contributed by atoms with Crippen LogP contribution in [0.2, 0.25) is 0 Å². The van der Waals surface area contributed by atoms with Crippen molar-refractivity contribution in [2.24, 2.45) is 0 Å². The topological polar surface area (TPSA) is 58.6 Å². The molecular formula is C18H17FN2O3. The van der Waals surface area contributed by atoms with E-state index < -0.39 is 6.04 Å². The summed E-state index contributed by atoms with van der Waals surface area (Å²) < 4.78 is 18.3. The van der Waals surface area contributed by atoms with Crippen LogP contribution < -0.4 is 15.0 Å². The Balaban J connectivity index is 1.53. The minimum Gasteiger partial charge on any atom is -0.484 e. The van der Waals surface area contributed by atoms with Gasteiger partial charge in [0.2, 0.25) is 5.91 Å². The van der Waals surface area contributed by atoms with Crippen molar-refractivity contribution in [3.05, 3.63) is 60.4 Å². The van der Waals surface area contributed by atoms with E-state index in [9.17, 15) is 14.0 Å². The van der Waals surface area contributed by atoms with Gasteiger partial charge in [-0.25, -0.2) is 4.39 Å². The Morgan fingerprint density at radius 3 is 2.58 bits per heavy atom. The van der Waals surface area contributed by atoms with Crippen LogP contribution in [0.25, 0.3) is 0 Å². The van der Waals surface area contributed by atoms with Gasteiger partial charge in [0.15, 0.2) is 6.61 Å². The maximum absolute atomic E-state index is 13.0. The molecule has 1 aliphatic heterocycles. The van der Waals surface area contributed by atoms with Crippen molar-refractivity contribution in [3.8, 4) is 5.75 Å². The first-order chi connectivity index (χ1) is 11.6. The second-order valence-corrected chi connectivity index (χ2v) is 5.48. The molecule has 1 saturated heterocycles. The fraction of sp³-hybridized carbons (Fsp3) is 0.222. The quantitative estimate of drug-likeness (QED) is 0.915. The maximum atomic E-state index is 13.0. The highest BCUT2D eigenvalue weighted by Gasteiger charge is 2.33. The summed E-state index contributed by atoms with van der Waals surface area (Å²) in [7, 11) is 0. The summed E-state index contributed by atoms with van der Waals surface area (Å²) in [5.74, 6) is -0.306. The third-order valence-corrected chi connectivity index (χ3v) is 3.79. The van der Waals surface area contributed by atoms with Gasteiger partial charge in [-0.3, -0.25) is 9.59 Å². The second kappa shape index (κ2) is 7.12. The van der Waals surface area contributed by atoms with Crippen LogP contribution in [0.5, 0.6) is 5.75 Å². The summed E-state index contributed by atoms with van der Waals surface area (Å²) in [4.78, 5) is 25.9. The minimum atomic E-state index is -0.582. The van der Waals surface area contributed by atoms with Crippen LogP contribution in [0, 0.1) is 5.82 Å². The predicted molar refractivity (Wildman–Crippen MR) is 87.2 cm³/mol. The predicted octanol–water partition coefficient (Wildman–Crippen LogP) is 2.13. The third kappa shape index (κ3) is 3.71. The molecule has 6 heteroatoms. The average molecular weight is 328 g/mol. The molecule has 0 saturated carbocycles. The highest BCUT2D eigenvalue weighted by molar-refractivity contribution is 6.01. The minimum absolute atomic E-state index is 0.148. The van der Waals surface area contributed by atoms with Crippen molar-refractivity contribution in [2.45, 2.75) is 12.5 Å². The standard InChI is InChI=1S/C18H17FN2O3/c19-13-6-8-14(9-7-13)21-11-10-16(18(21)23)20-17(22)12-24-15-4-2-1-3-5-15/h1-9,16H,10-12H2,(H,20,22). The molecule has 2 amide bonds. The van der Waals surface area contributed by atoms with E-state index in [4.69, 9.17) is 4.74 Å². The SMILES string of the molecule is O=C(COc1ccccc1)NC1CCN(c2ccc(F)cc2)C1=O. The first kappa shape index (κ1) is 16.0. The maximum Gasteiger partial charge on any atom is 0.258 e. The van der Waals surface area contributed by atoms with Crippen molar-refractivity contribution in [1.29, 1.82) is 0 Å². The summed E-state index contributed by atoms with van der Waals surface area (Å²) in [6.45, 7) is 0.333. The third-order valence-electron chi connectivity index (χ3n) is 3.79. The molecule has 1 heterocycles. The fourth-order valence-corrected chi connectivity index (χ4v) is 2.59. The molecule has 1 atom stereocenters. The first-order valence-electron chi connectivity index (χ1n) is 7.67. The highest BCUT2D eigenvalue weighted by Crippen LogP contribution is 2.21. The summed E-state index contributed by atoms with van der Waals surface area (Å²) in [6.07, 6.45) is 0.507. The molecule has 0 radical (unpaired) electrons. The number of rotatable bonds is 5. The van der Waals surface area contributed by atoms with Gasteiger partial charge in [0.25, 0.3) is 5.91 Å². The van der Waals surface area contributed by atoms with Gasteiger partial charge in [0.05, 0.1) is 0 Å². The van der Waals surface area contributed by atoms with E-state index in [1.54, 1.807) is 29.2 Å². The molecule has 1 aliphatic rings. The van der Waals surface area contributed by atoms with Crippen LogP contribution in [0.4, 0.5) is 10.1 Å². The zero-order chi connectivity index (χ0) is 16.9. The van der Waals surface area contributed by atoms with Gasteiger partial charge in [0, 0.05) is 12.2 Å². The number of amides is 2. The molecule has 0 aromatic heterocycles. The number of benzene rings is 2. The summed E-state index contributed by atoms with van der Waals surface area (Å²) in [5.41, 5.74) is 0.624. The molecule has 0 spiro atoms. The zero-order valence-corrected chi connectivity index (χ0v) is 12.9. The van der Waals surface area contributed by atoms with E-state index in [1.165, 1.54) is 12.1 Å². The molecule has 1 N–H and O–H groups in total. The van der Waals surface area contributed by atoms with Crippen LogP contribution in [0.1, 0.15) is 6.42 Å². The van der Waals surface area contributed by atoms with E-state index in [-0.39, 0.29) is 24.2 Å². The van der Waals surface area contributed by atoms with E-state index in [2.05, 4.69) is 5.32 Å². The van der Waals surface area contributed by atoms with Crippen molar-refractivity contribution >= 4 is 17.5 Å². The largest absolute Gasteiger partial charge is 0.484 e. The Morgan fingerprint density at radius 2 is 1.88 bits per heavy atom. The highest BCUT2D eigenvalue weighted by atomic mass is 19.1. The number of carbonyl (C=O) groups is 2. The van der Waals surface area contributed by atoms with Crippen molar-refractivity contribution in [3.63, 3.8) is 0 Å². The molecule has 1 fully saturated rings. The van der Waals surface area contributed by atoms with Gasteiger partial charge in [-0.1, -0.05) is 18.2 Å². The fourth-order valence-electron chi connectivity index (χ4n) is 2.59. The van der Waals surface area contributed by atoms with Gasteiger partial charge in [-0.05, 0) is 42.8 Å². The van der Waals surface area contributed by atoms with Crippen LogP contribution in [0.15, 0.2) is 54.6 Å². The van der Waals surface area contributed by atoms with Gasteiger partial charge in [-0.2, -0.15) is 0 Å². The molecule has 5 nitrogen and oxygen atoms in total. The van der Waals surface area contributed by atoms with E-state index in [1.807, 2.05) is 18.2 Å². The van der Waals surface area contributed by atoms with Crippen molar-refractivity contribution in [2.75, 3.05) is 18.1 Å². The number of halogens is 1. The first-order valence-corrected chi connectivity index (χ1v) is 7.67. The zero-order valence-electron chi connectivity index (χ0n) is 12.9. The van der Waals surface area contributed by atoms with Gasteiger partial charge in [0.1, 0.15) is 17.6 Å². The molecule has 24 heavy (non-hydrogen) atoms. The number of carbonyl (C=O) groups excluding carboxylic acids is 2.